The van der Waals surface area contributed by atoms with Crippen LogP contribution in [0.15, 0.2) is 18.2 Å². The van der Waals surface area contributed by atoms with E-state index in [0.717, 1.165) is 0 Å². The fourth-order valence-corrected chi connectivity index (χ4v) is 1.34. The molecule has 1 unspecified atom stereocenters. The molecule has 0 saturated carbocycles. The maximum Gasteiger partial charge on any atom is 0.348 e. The van der Waals surface area contributed by atoms with Gasteiger partial charge in [0.2, 0.25) is 11.9 Å². The van der Waals surface area contributed by atoms with Crippen molar-refractivity contribution >= 4 is 11.7 Å². The summed E-state index contributed by atoms with van der Waals surface area (Å²) in [5, 5.41) is 19.4. The molecule has 0 radical (unpaired) electrons. The van der Waals surface area contributed by atoms with Crippen LogP contribution in [0, 0.1) is 10.1 Å². The number of carboxylic acids is 1. The number of nitrogens with zero attached hydrogens (tertiary/aromatic N) is 1. The van der Waals surface area contributed by atoms with Crippen LogP contribution in [0.5, 0.6) is 11.5 Å². The molecular weight excluding hydrogens is 218 g/mol. The highest BCUT2D eigenvalue weighted by molar-refractivity contribution is 5.74. The second-order valence-electron chi connectivity index (χ2n) is 3.12. The van der Waals surface area contributed by atoms with Gasteiger partial charge < -0.3 is 14.6 Å². The molecule has 0 fully saturated rings. The minimum atomic E-state index is -1.22. The highest BCUT2D eigenvalue weighted by Crippen LogP contribution is 2.39. The van der Waals surface area contributed by atoms with Gasteiger partial charge in [0.15, 0.2) is 5.75 Å². The summed E-state index contributed by atoms with van der Waals surface area (Å²) in [6.07, 6.45) is -1.21. The van der Waals surface area contributed by atoms with Crippen LogP contribution in [-0.2, 0) is 4.79 Å². The van der Waals surface area contributed by atoms with E-state index < -0.39 is 17.0 Å². The third-order valence-corrected chi connectivity index (χ3v) is 2.08. The molecule has 0 saturated heterocycles. The van der Waals surface area contributed by atoms with Gasteiger partial charge in [0, 0.05) is 6.07 Å². The number of carbonyl (C=O) groups is 1. The molecule has 1 atom stereocenters. The number of rotatable bonds is 2. The average Bonchev–Trinajstić information content (AvgIpc) is 2.27. The first-order valence-electron chi connectivity index (χ1n) is 4.39. The zero-order valence-corrected chi connectivity index (χ0v) is 7.95. The standard InChI is InChI=1S/C9H7NO6/c11-9(12)7-4-15-6-3-1-2-5(10(13)14)8(6)16-7/h1-3,7H,4H2,(H,11,12). The fourth-order valence-electron chi connectivity index (χ4n) is 1.34. The van der Waals surface area contributed by atoms with Crippen LogP contribution in [-0.4, -0.2) is 28.7 Å². The Morgan fingerprint density at radius 3 is 2.94 bits per heavy atom. The van der Waals surface area contributed by atoms with E-state index in [1.54, 1.807) is 0 Å². The lowest BCUT2D eigenvalue weighted by Gasteiger charge is -2.23. The van der Waals surface area contributed by atoms with Crippen molar-refractivity contribution in [2.75, 3.05) is 6.61 Å². The molecular formula is C9H7NO6. The van der Waals surface area contributed by atoms with Crippen molar-refractivity contribution in [1.82, 2.24) is 0 Å². The summed E-state index contributed by atoms with van der Waals surface area (Å²) in [6, 6.07) is 4.16. The van der Waals surface area contributed by atoms with Crippen molar-refractivity contribution < 1.29 is 24.3 Å². The van der Waals surface area contributed by atoms with Crippen molar-refractivity contribution in [2.45, 2.75) is 6.10 Å². The third kappa shape index (κ3) is 1.62. The zero-order chi connectivity index (χ0) is 11.7. The summed E-state index contributed by atoms with van der Waals surface area (Å²) < 4.78 is 10.1. The Morgan fingerprint density at radius 1 is 1.56 bits per heavy atom. The van der Waals surface area contributed by atoms with Crippen LogP contribution in [0.4, 0.5) is 5.69 Å². The van der Waals surface area contributed by atoms with Crippen molar-refractivity contribution in [3.05, 3.63) is 28.3 Å². The Hall–Kier alpha value is -2.31. The van der Waals surface area contributed by atoms with E-state index in [2.05, 4.69) is 0 Å². The molecule has 1 aromatic rings. The zero-order valence-electron chi connectivity index (χ0n) is 7.95. The summed E-state index contributed by atoms with van der Waals surface area (Å²) in [7, 11) is 0. The maximum absolute atomic E-state index is 10.7. The summed E-state index contributed by atoms with van der Waals surface area (Å²) in [5.41, 5.74) is -0.302. The second kappa shape index (κ2) is 3.69. The first-order chi connectivity index (χ1) is 7.59. The number of hydrogen-bond donors (Lipinski definition) is 1. The average molecular weight is 225 g/mol. The molecule has 1 aromatic carbocycles. The summed E-state index contributed by atoms with van der Waals surface area (Å²) >= 11 is 0. The van der Waals surface area contributed by atoms with E-state index in [0.29, 0.717) is 0 Å². The second-order valence-corrected chi connectivity index (χ2v) is 3.12. The molecule has 0 aliphatic carbocycles. The molecule has 0 spiro atoms. The molecule has 2 rings (SSSR count). The highest BCUT2D eigenvalue weighted by atomic mass is 16.6. The molecule has 1 heterocycles. The number of carboxylic acid groups (broad SMARTS) is 1. The molecule has 16 heavy (non-hydrogen) atoms. The SMILES string of the molecule is O=C(O)C1COc2cccc([N+](=O)[O-])c2O1. The van der Waals surface area contributed by atoms with E-state index in [4.69, 9.17) is 14.6 Å². The fraction of sp³-hybridized carbons (Fsp3) is 0.222. The summed E-state index contributed by atoms with van der Waals surface area (Å²) in [4.78, 5) is 20.7. The molecule has 0 aromatic heterocycles. The van der Waals surface area contributed by atoms with E-state index >= 15 is 0 Å². The number of hydrogen-bond acceptors (Lipinski definition) is 5. The van der Waals surface area contributed by atoms with Crippen LogP contribution < -0.4 is 9.47 Å². The van der Waals surface area contributed by atoms with Crippen LogP contribution in [0.25, 0.3) is 0 Å². The van der Waals surface area contributed by atoms with E-state index in [1.165, 1.54) is 18.2 Å². The molecule has 1 aliphatic rings. The maximum atomic E-state index is 10.7. The first-order valence-corrected chi connectivity index (χ1v) is 4.39. The lowest BCUT2D eigenvalue weighted by atomic mass is 10.2. The van der Waals surface area contributed by atoms with E-state index in [1.807, 2.05) is 0 Å². The van der Waals surface area contributed by atoms with Crippen LogP contribution in [0.2, 0.25) is 0 Å². The number of aliphatic carboxylic acids is 1. The minimum absolute atomic E-state index is 0.133. The van der Waals surface area contributed by atoms with Crippen molar-refractivity contribution in [1.29, 1.82) is 0 Å². The predicted molar refractivity (Wildman–Crippen MR) is 50.6 cm³/mol. The molecule has 7 heteroatoms. The van der Waals surface area contributed by atoms with Gasteiger partial charge in [0.25, 0.3) is 0 Å². The number of ether oxygens (including phenoxy) is 2. The van der Waals surface area contributed by atoms with Gasteiger partial charge in [-0.3, -0.25) is 10.1 Å². The third-order valence-electron chi connectivity index (χ3n) is 2.08. The Balaban J connectivity index is 2.41. The van der Waals surface area contributed by atoms with Crippen LogP contribution in [0.1, 0.15) is 0 Å². The van der Waals surface area contributed by atoms with Gasteiger partial charge in [-0.05, 0) is 6.07 Å². The molecule has 1 aliphatic heterocycles. The Labute approximate surface area is 89.4 Å². The van der Waals surface area contributed by atoms with Crippen LogP contribution in [0.3, 0.4) is 0 Å². The minimum Gasteiger partial charge on any atom is -0.485 e. The van der Waals surface area contributed by atoms with Crippen molar-refractivity contribution in [2.24, 2.45) is 0 Å². The largest absolute Gasteiger partial charge is 0.485 e. The normalized spacial score (nSPS) is 17.9. The number of nitro benzene ring substituents is 1. The van der Waals surface area contributed by atoms with Gasteiger partial charge in [0.05, 0.1) is 4.92 Å². The number of nitro groups is 1. The topological polar surface area (TPSA) is 98.9 Å². The Morgan fingerprint density at radius 2 is 2.31 bits per heavy atom. The van der Waals surface area contributed by atoms with Crippen LogP contribution >= 0.6 is 0 Å². The van der Waals surface area contributed by atoms with E-state index in [-0.39, 0.29) is 23.8 Å². The molecule has 0 amide bonds. The van der Waals surface area contributed by atoms with Gasteiger partial charge in [-0.1, -0.05) is 6.07 Å². The lowest BCUT2D eigenvalue weighted by molar-refractivity contribution is -0.386. The molecule has 7 nitrogen and oxygen atoms in total. The van der Waals surface area contributed by atoms with Gasteiger partial charge in [-0.25, -0.2) is 4.79 Å². The predicted octanol–water partition coefficient (Wildman–Crippen LogP) is 0.819. The summed E-state index contributed by atoms with van der Waals surface area (Å²) in [6.45, 7) is -0.163. The monoisotopic (exact) mass is 225 g/mol. The quantitative estimate of drug-likeness (QED) is 0.590. The first kappa shape index (κ1) is 10.2. The van der Waals surface area contributed by atoms with Gasteiger partial charge in [-0.15, -0.1) is 0 Å². The summed E-state index contributed by atoms with van der Waals surface area (Å²) in [5.74, 6) is -1.17. The number of benzene rings is 1. The van der Waals surface area contributed by atoms with Crippen molar-refractivity contribution in [3.63, 3.8) is 0 Å². The van der Waals surface area contributed by atoms with Gasteiger partial charge in [0.1, 0.15) is 6.61 Å². The van der Waals surface area contributed by atoms with Crippen molar-refractivity contribution in [3.8, 4) is 11.5 Å². The van der Waals surface area contributed by atoms with E-state index in [9.17, 15) is 14.9 Å². The smallest absolute Gasteiger partial charge is 0.348 e. The van der Waals surface area contributed by atoms with Gasteiger partial charge in [-0.2, -0.15) is 0 Å². The van der Waals surface area contributed by atoms with Gasteiger partial charge >= 0.3 is 11.7 Å². The Kier molecular flexibility index (Phi) is 2.35. The highest BCUT2D eigenvalue weighted by Gasteiger charge is 2.32. The number of para-hydroxylation sites is 1. The Bertz CT molecular complexity index is 457. The molecule has 84 valence electrons. The molecule has 1 N–H and O–H groups in total. The lowest BCUT2D eigenvalue weighted by Crippen LogP contribution is -2.36. The molecule has 0 bridgehead atoms. The number of fused-ring (bicyclic) bond motifs is 1.